The third-order valence-corrected chi connectivity index (χ3v) is 7.30. The summed E-state index contributed by atoms with van der Waals surface area (Å²) < 4.78 is 17.1. The largest absolute Gasteiger partial charge is 0.493 e. The first-order valence-electron chi connectivity index (χ1n) is 13.0. The molecular weight excluding hydrogens is 494 g/mol. The van der Waals surface area contributed by atoms with E-state index in [1.54, 1.807) is 27.4 Å². The van der Waals surface area contributed by atoms with Gasteiger partial charge in [0.15, 0.2) is 11.5 Å². The summed E-state index contributed by atoms with van der Waals surface area (Å²) in [5, 5.41) is 7.55. The molecule has 39 heavy (non-hydrogen) atoms. The Hall–Kier alpha value is -4.46. The third kappa shape index (κ3) is 5.02. The number of ether oxygens (including phenoxy) is 3. The lowest BCUT2D eigenvalue weighted by molar-refractivity contribution is -0.119. The van der Waals surface area contributed by atoms with E-state index < -0.39 is 0 Å². The van der Waals surface area contributed by atoms with Crippen molar-refractivity contribution in [3.8, 4) is 28.4 Å². The molecule has 3 N–H and O–H groups in total. The first kappa shape index (κ1) is 26.2. The number of rotatable bonds is 8. The Kier molecular flexibility index (Phi) is 7.45. The van der Waals surface area contributed by atoms with Crippen molar-refractivity contribution in [1.82, 2.24) is 10.3 Å². The van der Waals surface area contributed by atoms with Gasteiger partial charge in [-0.05, 0) is 65.8 Å². The fraction of sp³-hybridized carbons (Fsp3) is 0.290. The lowest BCUT2D eigenvalue weighted by Crippen LogP contribution is -2.26. The monoisotopic (exact) mass is 527 g/mol. The summed E-state index contributed by atoms with van der Waals surface area (Å²) >= 11 is 0. The molecule has 8 nitrogen and oxygen atoms in total. The fourth-order valence-corrected chi connectivity index (χ4v) is 5.52. The molecule has 202 valence electrons. The molecule has 0 fully saturated rings. The number of hydrogen-bond acceptors (Lipinski definition) is 6. The van der Waals surface area contributed by atoms with Crippen molar-refractivity contribution in [3.63, 3.8) is 0 Å². The Bertz CT molecular complexity index is 1590. The second kappa shape index (κ2) is 11.1. The van der Waals surface area contributed by atoms with Crippen LogP contribution in [0.2, 0.25) is 0 Å². The molecule has 1 unspecified atom stereocenters. The first-order chi connectivity index (χ1) is 18.9. The number of aromatic nitrogens is 1. The fourth-order valence-electron chi connectivity index (χ4n) is 5.52. The van der Waals surface area contributed by atoms with E-state index in [9.17, 15) is 9.59 Å². The summed E-state index contributed by atoms with van der Waals surface area (Å²) in [6.45, 7) is 2.08. The highest BCUT2D eigenvalue weighted by Crippen LogP contribution is 2.50. The Morgan fingerprint density at radius 3 is 2.56 bits per heavy atom. The molecule has 0 saturated carbocycles. The van der Waals surface area contributed by atoms with Gasteiger partial charge in [0.2, 0.25) is 17.1 Å². The summed E-state index contributed by atoms with van der Waals surface area (Å²) in [7, 11) is 4.75. The summed E-state index contributed by atoms with van der Waals surface area (Å²) in [5.74, 6) is 1.42. The Morgan fingerprint density at radius 1 is 1.03 bits per heavy atom. The zero-order chi connectivity index (χ0) is 27.5. The highest BCUT2D eigenvalue weighted by atomic mass is 16.5. The van der Waals surface area contributed by atoms with Crippen LogP contribution in [-0.2, 0) is 17.6 Å². The van der Waals surface area contributed by atoms with Crippen molar-refractivity contribution in [2.24, 2.45) is 0 Å². The minimum atomic E-state index is -0.342. The van der Waals surface area contributed by atoms with Gasteiger partial charge < -0.3 is 29.8 Å². The molecule has 3 aromatic carbocycles. The van der Waals surface area contributed by atoms with Crippen LogP contribution in [0.25, 0.3) is 22.0 Å². The summed E-state index contributed by atoms with van der Waals surface area (Å²) in [5.41, 5.74) is 6.00. The zero-order valence-corrected chi connectivity index (χ0v) is 22.6. The molecule has 0 spiro atoms. The molecule has 1 heterocycles. The van der Waals surface area contributed by atoms with E-state index in [1.807, 2.05) is 36.5 Å². The van der Waals surface area contributed by atoms with Crippen LogP contribution >= 0.6 is 0 Å². The van der Waals surface area contributed by atoms with Gasteiger partial charge in [0.05, 0.1) is 33.1 Å². The predicted molar refractivity (Wildman–Crippen MR) is 153 cm³/mol. The van der Waals surface area contributed by atoms with E-state index in [0.29, 0.717) is 42.3 Å². The minimum Gasteiger partial charge on any atom is -0.493 e. The summed E-state index contributed by atoms with van der Waals surface area (Å²) in [6.07, 6.45) is 4.04. The topological polar surface area (TPSA) is 102 Å². The van der Waals surface area contributed by atoms with Gasteiger partial charge in [-0.3, -0.25) is 9.59 Å². The number of methoxy groups -OCH3 is 3. The van der Waals surface area contributed by atoms with E-state index in [0.717, 1.165) is 34.2 Å². The van der Waals surface area contributed by atoms with Crippen LogP contribution in [0.5, 0.6) is 17.2 Å². The van der Waals surface area contributed by atoms with Gasteiger partial charge >= 0.3 is 0 Å². The number of fused-ring (bicyclic) bond motifs is 4. The number of aryl methyl sites for hydroxylation is 1. The van der Waals surface area contributed by atoms with E-state index in [1.165, 1.54) is 17.9 Å². The quantitative estimate of drug-likeness (QED) is 0.298. The van der Waals surface area contributed by atoms with E-state index in [2.05, 4.69) is 27.8 Å². The summed E-state index contributed by atoms with van der Waals surface area (Å²) in [6, 6.07) is 15.2. The number of para-hydroxylation sites is 1. The van der Waals surface area contributed by atoms with Crippen LogP contribution in [0.1, 0.15) is 36.1 Å². The third-order valence-electron chi connectivity index (χ3n) is 7.30. The highest BCUT2D eigenvalue weighted by molar-refractivity contribution is 5.84. The van der Waals surface area contributed by atoms with Crippen LogP contribution < -0.4 is 30.3 Å². The van der Waals surface area contributed by atoms with Gasteiger partial charge in [-0.2, -0.15) is 0 Å². The van der Waals surface area contributed by atoms with Gasteiger partial charge in [0.25, 0.3) is 0 Å². The van der Waals surface area contributed by atoms with E-state index in [-0.39, 0.29) is 17.4 Å². The number of anilines is 1. The van der Waals surface area contributed by atoms with Gasteiger partial charge in [-0.1, -0.05) is 24.3 Å². The maximum absolute atomic E-state index is 13.5. The molecule has 1 amide bonds. The first-order valence-corrected chi connectivity index (χ1v) is 13.0. The van der Waals surface area contributed by atoms with Gasteiger partial charge in [-0.25, -0.2) is 0 Å². The molecule has 1 aromatic heterocycles. The Labute approximate surface area is 227 Å². The minimum absolute atomic E-state index is 0.145. The molecule has 1 aliphatic rings. The zero-order valence-electron chi connectivity index (χ0n) is 22.6. The van der Waals surface area contributed by atoms with Crippen LogP contribution in [0.3, 0.4) is 0 Å². The maximum Gasteiger partial charge on any atom is 0.217 e. The molecule has 0 bridgehead atoms. The van der Waals surface area contributed by atoms with Crippen molar-refractivity contribution in [2.75, 3.05) is 33.2 Å². The van der Waals surface area contributed by atoms with Crippen molar-refractivity contribution >= 4 is 22.5 Å². The average Bonchev–Trinajstić information content (AvgIpc) is 3.20. The van der Waals surface area contributed by atoms with Crippen LogP contribution in [0.15, 0.2) is 59.5 Å². The van der Waals surface area contributed by atoms with Gasteiger partial charge in [0, 0.05) is 36.1 Å². The highest BCUT2D eigenvalue weighted by Gasteiger charge is 2.29. The van der Waals surface area contributed by atoms with Crippen molar-refractivity contribution < 1.29 is 19.0 Å². The van der Waals surface area contributed by atoms with Crippen molar-refractivity contribution in [3.05, 3.63) is 81.6 Å². The SMILES string of the molecule is COc1cc2c(c(OC)c1OC)-c1ccc(NCCc3c[nH]c4ccccc34)c(=O)cc1C(NC(C)=O)CC2. The van der Waals surface area contributed by atoms with Crippen LogP contribution in [0, 0.1) is 0 Å². The number of carbonyl (C=O) groups is 1. The normalized spacial score (nSPS) is 14.1. The van der Waals surface area contributed by atoms with Crippen LogP contribution in [-0.4, -0.2) is 38.8 Å². The summed E-state index contributed by atoms with van der Waals surface area (Å²) in [4.78, 5) is 28.9. The number of H-pyrrole nitrogens is 1. The molecular formula is C31H33N3O5. The molecule has 0 saturated heterocycles. The number of benzene rings is 2. The number of carbonyl (C=O) groups excluding carboxylic acids is 1. The maximum atomic E-state index is 13.5. The smallest absolute Gasteiger partial charge is 0.217 e. The Morgan fingerprint density at radius 2 is 1.82 bits per heavy atom. The molecule has 8 heteroatoms. The molecule has 5 rings (SSSR count). The second-order valence-electron chi connectivity index (χ2n) is 9.63. The lowest BCUT2D eigenvalue weighted by atomic mass is 9.95. The number of aromatic amines is 1. The Balaban J connectivity index is 1.57. The predicted octanol–water partition coefficient (Wildman–Crippen LogP) is 5.00. The number of hydrogen-bond donors (Lipinski definition) is 3. The van der Waals surface area contributed by atoms with Gasteiger partial charge in [-0.15, -0.1) is 0 Å². The standard InChI is InChI=1S/C31H33N3O5/c1-18(35)34-25-11-9-19-15-28(37-2)30(38-3)31(39-4)29(19)22-10-12-26(27(36)16-23(22)25)32-14-13-20-17-33-24-8-6-5-7-21(20)24/h5-8,10,12,15-17,25,33H,9,11,13-14H2,1-4H3,(H,32,36)(H,34,35). The number of amides is 1. The number of nitrogens with one attached hydrogen (secondary N) is 3. The average molecular weight is 528 g/mol. The molecule has 4 aromatic rings. The van der Waals surface area contributed by atoms with E-state index >= 15 is 0 Å². The van der Waals surface area contributed by atoms with Gasteiger partial charge in [0.1, 0.15) is 0 Å². The molecule has 0 radical (unpaired) electrons. The van der Waals surface area contributed by atoms with E-state index in [4.69, 9.17) is 14.2 Å². The molecule has 1 aliphatic carbocycles. The second-order valence-corrected chi connectivity index (χ2v) is 9.63. The lowest BCUT2D eigenvalue weighted by Gasteiger charge is -2.19. The molecule has 1 atom stereocenters. The van der Waals surface area contributed by atoms with Crippen molar-refractivity contribution in [1.29, 1.82) is 0 Å². The van der Waals surface area contributed by atoms with Crippen molar-refractivity contribution in [2.45, 2.75) is 32.2 Å². The molecule has 0 aliphatic heterocycles. The van der Waals surface area contributed by atoms with Crippen LogP contribution in [0.4, 0.5) is 5.69 Å².